The van der Waals surface area contributed by atoms with Crippen molar-refractivity contribution in [2.24, 2.45) is 0 Å². The molecule has 0 saturated carbocycles. The van der Waals surface area contributed by atoms with E-state index in [1.807, 2.05) is 0 Å². The van der Waals surface area contributed by atoms with Gasteiger partial charge in [0.15, 0.2) is 0 Å². The number of benzene rings is 2. The molecule has 2 aromatic carbocycles. The van der Waals surface area contributed by atoms with Crippen LogP contribution in [0, 0.1) is 0 Å². The molecule has 0 unspecified atom stereocenters. The monoisotopic (exact) mass is 389 g/mol. The maximum Gasteiger partial charge on any atom is 0.242 e. The van der Waals surface area contributed by atoms with E-state index in [4.69, 9.17) is 32.7 Å². The first kappa shape index (κ1) is 18.9. The molecule has 0 aliphatic rings. The predicted octanol–water partition coefficient (Wildman–Crippen LogP) is 4.05. The van der Waals surface area contributed by atoms with Crippen LogP contribution in [0.3, 0.4) is 0 Å². The zero-order valence-corrected chi connectivity index (χ0v) is 15.7. The SMILES string of the molecule is COc1ccc(OC)c([C@@H](C)NS(=O)(=O)c2cc(Cl)ccc2Cl)c1. The molecule has 0 radical (unpaired) electrons. The largest absolute Gasteiger partial charge is 0.497 e. The minimum Gasteiger partial charge on any atom is -0.497 e. The maximum atomic E-state index is 12.6. The third-order valence-corrected chi connectivity index (χ3v) is 5.68. The van der Waals surface area contributed by atoms with Gasteiger partial charge in [-0.3, -0.25) is 0 Å². The highest BCUT2D eigenvalue weighted by Gasteiger charge is 2.23. The number of rotatable bonds is 6. The van der Waals surface area contributed by atoms with Gasteiger partial charge in [-0.2, -0.15) is 0 Å². The van der Waals surface area contributed by atoms with Crippen molar-refractivity contribution >= 4 is 33.2 Å². The van der Waals surface area contributed by atoms with Crippen molar-refractivity contribution in [3.63, 3.8) is 0 Å². The third kappa shape index (κ3) is 4.13. The molecule has 0 heterocycles. The van der Waals surface area contributed by atoms with Crippen LogP contribution in [0.15, 0.2) is 41.3 Å². The standard InChI is InChI=1S/C16H17Cl2NO4S/c1-10(13-9-12(22-2)5-7-15(13)23-3)19-24(20,21)16-8-11(17)4-6-14(16)18/h4-10,19H,1-3H3/t10-/m1/s1. The molecule has 0 aliphatic heterocycles. The fourth-order valence-electron chi connectivity index (χ4n) is 2.22. The van der Waals surface area contributed by atoms with Crippen LogP contribution in [-0.4, -0.2) is 22.6 Å². The Kier molecular flexibility index (Phi) is 5.98. The Labute approximate surface area is 151 Å². The van der Waals surface area contributed by atoms with Gasteiger partial charge in [0, 0.05) is 16.6 Å². The second kappa shape index (κ2) is 7.61. The second-order valence-corrected chi connectivity index (χ2v) is 7.55. The number of ether oxygens (including phenoxy) is 2. The Morgan fingerprint density at radius 2 is 1.75 bits per heavy atom. The molecule has 2 rings (SSSR count). The first-order chi connectivity index (χ1) is 11.3. The Hall–Kier alpha value is -1.47. The zero-order chi connectivity index (χ0) is 17.9. The normalized spacial score (nSPS) is 12.7. The van der Waals surface area contributed by atoms with E-state index in [9.17, 15) is 8.42 Å². The summed E-state index contributed by atoms with van der Waals surface area (Å²) in [6.45, 7) is 1.70. The molecule has 24 heavy (non-hydrogen) atoms. The first-order valence-corrected chi connectivity index (χ1v) is 9.21. The van der Waals surface area contributed by atoms with Crippen LogP contribution in [0.5, 0.6) is 11.5 Å². The number of halogens is 2. The Bertz CT molecular complexity index is 840. The molecule has 0 saturated heterocycles. The summed E-state index contributed by atoms with van der Waals surface area (Å²) in [6, 6.07) is 8.86. The smallest absolute Gasteiger partial charge is 0.242 e. The highest BCUT2D eigenvalue weighted by atomic mass is 35.5. The quantitative estimate of drug-likeness (QED) is 0.808. The van der Waals surface area contributed by atoms with E-state index in [-0.39, 0.29) is 14.9 Å². The molecule has 0 fully saturated rings. The third-order valence-electron chi connectivity index (χ3n) is 3.42. The predicted molar refractivity (Wildman–Crippen MR) is 94.7 cm³/mol. The first-order valence-electron chi connectivity index (χ1n) is 6.98. The minimum atomic E-state index is -3.87. The van der Waals surface area contributed by atoms with Gasteiger partial charge in [0.25, 0.3) is 0 Å². The van der Waals surface area contributed by atoms with Crippen LogP contribution in [0.2, 0.25) is 10.0 Å². The molecule has 130 valence electrons. The Morgan fingerprint density at radius 1 is 1.04 bits per heavy atom. The van der Waals surface area contributed by atoms with E-state index in [1.165, 1.54) is 32.4 Å². The number of methoxy groups -OCH3 is 2. The van der Waals surface area contributed by atoms with Crippen molar-refractivity contribution < 1.29 is 17.9 Å². The van der Waals surface area contributed by atoms with Crippen molar-refractivity contribution in [1.29, 1.82) is 0 Å². The van der Waals surface area contributed by atoms with Crippen molar-refractivity contribution in [3.05, 3.63) is 52.0 Å². The van der Waals surface area contributed by atoms with Crippen LogP contribution >= 0.6 is 23.2 Å². The van der Waals surface area contributed by atoms with Gasteiger partial charge >= 0.3 is 0 Å². The van der Waals surface area contributed by atoms with Crippen LogP contribution in [0.1, 0.15) is 18.5 Å². The van der Waals surface area contributed by atoms with E-state index in [0.717, 1.165) is 0 Å². The van der Waals surface area contributed by atoms with Gasteiger partial charge in [0.2, 0.25) is 10.0 Å². The average Bonchev–Trinajstić information content (AvgIpc) is 2.55. The summed E-state index contributed by atoms with van der Waals surface area (Å²) >= 11 is 11.9. The van der Waals surface area contributed by atoms with E-state index in [0.29, 0.717) is 17.1 Å². The minimum absolute atomic E-state index is 0.0784. The lowest BCUT2D eigenvalue weighted by Crippen LogP contribution is -2.27. The molecule has 0 amide bonds. The summed E-state index contributed by atoms with van der Waals surface area (Å²) < 4.78 is 38.3. The summed E-state index contributed by atoms with van der Waals surface area (Å²) in [5, 5.41) is 0.378. The maximum absolute atomic E-state index is 12.6. The van der Waals surface area contributed by atoms with Gasteiger partial charge in [0.05, 0.1) is 19.2 Å². The molecule has 5 nitrogen and oxygen atoms in total. The van der Waals surface area contributed by atoms with Crippen LogP contribution in [0.4, 0.5) is 0 Å². The van der Waals surface area contributed by atoms with Gasteiger partial charge in [-0.25, -0.2) is 13.1 Å². The molecule has 0 spiro atoms. The van der Waals surface area contributed by atoms with E-state index in [2.05, 4.69) is 4.72 Å². The van der Waals surface area contributed by atoms with Crippen LogP contribution in [-0.2, 0) is 10.0 Å². The number of sulfonamides is 1. The highest BCUT2D eigenvalue weighted by molar-refractivity contribution is 7.89. The molecular weight excluding hydrogens is 373 g/mol. The van der Waals surface area contributed by atoms with E-state index in [1.54, 1.807) is 25.1 Å². The number of hydrogen-bond acceptors (Lipinski definition) is 4. The summed E-state index contributed by atoms with van der Waals surface area (Å²) in [5.41, 5.74) is 0.638. The van der Waals surface area contributed by atoms with E-state index >= 15 is 0 Å². The average molecular weight is 390 g/mol. The molecular formula is C16H17Cl2NO4S. The number of nitrogens with one attached hydrogen (secondary N) is 1. The molecule has 0 bridgehead atoms. The van der Waals surface area contributed by atoms with Gasteiger partial charge in [-0.15, -0.1) is 0 Å². The van der Waals surface area contributed by atoms with Crippen LogP contribution < -0.4 is 14.2 Å². The van der Waals surface area contributed by atoms with Crippen LogP contribution in [0.25, 0.3) is 0 Å². The van der Waals surface area contributed by atoms with Gasteiger partial charge in [0.1, 0.15) is 16.4 Å². The Morgan fingerprint density at radius 3 is 2.38 bits per heavy atom. The lowest BCUT2D eigenvalue weighted by Gasteiger charge is -2.18. The fraction of sp³-hybridized carbons (Fsp3) is 0.250. The van der Waals surface area contributed by atoms with Crippen molar-refractivity contribution in [3.8, 4) is 11.5 Å². The lowest BCUT2D eigenvalue weighted by molar-refractivity contribution is 0.395. The van der Waals surface area contributed by atoms with Crippen molar-refractivity contribution in [2.45, 2.75) is 17.9 Å². The molecule has 2 aromatic rings. The van der Waals surface area contributed by atoms with Crippen molar-refractivity contribution in [1.82, 2.24) is 4.72 Å². The Balaban J connectivity index is 2.38. The zero-order valence-electron chi connectivity index (χ0n) is 13.3. The summed E-state index contributed by atoms with van der Waals surface area (Å²) in [7, 11) is -0.820. The summed E-state index contributed by atoms with van der Waals surface area (Å²) in [6.07, 6.45) is 0. The summed E-state index contributed by atoms with van der Waals surface area (Å²) in [4.78, 5) is -0.0784. The molecule has 1 atom stereocenters. The lowest BCUT2D eigenvalue weighted by atomic mass is 10.1. The van der Waals surface area contributed by atoms with Crippen molar-refractivity contribution in [2.75, 3.05) is 14.2 Å². The topological polar surface area (TPSA) is 64.6 Å². The molecule has 0 aromatic heterocycles. The highest BCUT2D eigenvalue weighted by Crippen LogP contribution is 2.31. The molecule has 0 aliphatic carbocycles. The fourth-order valence-corrected chi connectivity index (χ4v) is 4.21. The number of hydrogen-bond donors (Lipinski definition) is 1. The molecule has 8 heteroatoms. The van der Waals surface area contributed by atoms with Gasteiger partial charge in [-0.1, -0.05) is 23.2 Å². The molecule has 1 N–H and O–H groups in total. The van der Waals surface area contributed by atoms with Gasteiger partial charge < -0.3 is 9.47 Å². The summed E-state index contributed by atoms with van der Waals surface area (Å²) in [5.74, 6) is 1.14. The van der Waals surface area contributed by atoms with Gasteiger partial charge in [-0.05, 0) is 43.3 Å². The van der Waals surface area contributed by atoms with E-state index < -0.39 is 16.1 Å². The second-order valence-electron chi connectivity index (χ2n) is 5.03.